The zero-order chi connectivity index (χ0) is 14.5. The summed E-state index contributed by atoms with van der Waals surface area (Å²) in [5, 5.41) is 0. The van der Waals surface area contributed by atoms with Crippen molar-refractivity contribution in [2.24, 2.45) is 5.92 Å². The van der Waals surface area contributed by atoms with Gasteiger partial charge in [0.05, 0.1) is 0 Å². The quantitative estimate of drug-likeness (QED) is 0.569. The second-order valence-electron chi connectivity index (χ2n) is 4.41. The molecule has 0 heterocycles. The Balaban J connectivity index is 2.97. The van der Waals surface area contributed by atoms with Gasteiger partial charge in [0.2, 0.25) is 0 Å². The van der Waals surface area contributed by atoms with Crippen LogP contribution in [-0.4, -0.2) is 22.3 Å². The summed E-state index contributed by atoms with van der Waals surface area (Å²) in [5.41, 5.74) is 0.772. The van der Waals surface area contributed by atoms with E-state index in [9.17, 15) is 8.42 Å². The fourth-order valence-corrected chi connectivity index (χ4v) is 2.58. The van der Waals surface area contributed by atoms with Crippen LogP contribution in [0.15, 0.2) is 18.2 Å². The van der Waals surface area contributed by atoms with Crippen LogP contribution >= 0.6 is 0 Å². The normalized spacial score (nSPS) is 11.6. The molecule has 0 atom stereocenters. The Bertz CT molecular complexity index is 508. The molecule has 1 aromatic carbocycles. The lowest BCUT2D eigenvalue weighted by Crippen LogP contribution is -2.14. The van der Waals surface area contributed by atoms with Crippen LogP contribution in [0.2, 0.25) is 0 Å². The molecule has 0 aliphatic heterocycles. The second kappa shape index (κ2) is 6.77. The molecule has 107 valence electrons. The van der Waals surface area contributed by atoms with Gasteiger partial charge in [0.1, 0.15) is 5.75 Å². The van der Waals surface area contributed by atoms with Crippen molar-refractivity contribution in [3.63, 3.8) is 0 Å². The monoisotopic (exact) mass is 287 g/mol. The molecule has 0 saturated carbocycles. The van der Waals surface area contributed by atoms with E-state index in [1.165, 1.54) is 7.11 Å². The third-order valence-corrected chi connectivity index (χ3v) is 3.43. The fourth-order valence-electron chi connectivity index (χ4n) is 1.48. The molecule has 5 nitrogen and oxygen atoms in total. The molecule has 0 N–H and O–H groups in total. The van der Waals surface area contributed by atoms with E-state index in [-0.39, 0.29) is 18.5 Å². The summed E-state index contributed by atoms with van der Waals surface area (Å²) in [6, 6.07) is 5.05. The lowest BCUT2D eigenvalue weighted by molar-refractivity contribution is 0.0494. The van der Waals surface area contributed by atoms with E-state index in [4.69, 9.17) is 13.7 Å². The van der Waals surface area contributed by atoms with Crippen molar-refractivity contribution in [2.45, 2.75) is 20.8 Å². The zero-order valence-electron chi connectivity index (χ0n) is 11.5. The van der Waals surface area contributed by atoms with E-state index >= 15 is 0 Å². The van der Waals surface area contributed by atoms with Gasteiger partial charge in [-0.1, -0.05) is 26.0 Å². The van der Waals surface area contributed by atoms with Crippen LogP contribution in [0.3, 0.4) is 0 Å². The molecule has 0 aliphatic carbocycles. The molecular formula is C13H19O5S. The van der Waals surface area contributed by atoms with Gasteiger partial charge >= 0.3 is 10.1 Å². The van der Waals surface area contributed by atoms with Crippen molar-refractivity contribution in [1.29, 1.82) is 0 Å². The molecular weight excluding hydrogens is 268 g/mol. The van der Waals surface area contributed by atoms with Crippen molar-refractivity contribution in [3.05, 3.63) is 29.5 Å². The van der Waals surface area contributed by atoms with Gasteiger partial charge < -0.3 is 13.7 Å². The molecule has 0 saturated heterocycles. The van der Waals surface area contributed by atoms with Crippen molar-refractivity contribution >= 4 is 10.1 Å². The van der Waals surface area contributed by atoms with Crippen LogP contribution in [0.25, 0.3) is 0 Å². The molecule has 0 fully saturated rings. The summed E-state index contributed by atoms with van der Waals surface area (Å²) in [7, 11) is -2.26. The standard InChI is InChI=1S/C13H19O5S/c1-10(2)8-19(14,15)18-12-7-5-6-11(3)13(12)17-9-16-4/h5-8,10H,9H2,1-4H3. The van der Waals surface area contributed by atoms with Gasteiger partial charge in [-0.25, -0.2) is 0 Å². The number of aryl methyl sites for hydroxylation is 1. The predicted octanol–water partition coefficient (Wildman–Crippen LogP) is 2.50. The maximum absolute atomic E-state index is 11.8. The minimum Gasteiger partial charge on any atom is -0.463 e. The highest BCUT2D eigenvalue weighted by molar-refractivity contribution is 7.89. The van der Waals surface area contributed by atoms with Gasteiger partial charge in [-0.3, -0.25) is 0 Å². The summed E-state index contributed by atoms with van der Waals surface area (Å²) >= 11 is 0. The topological polar surface area (TPSA) is 61.8 Å². The van der Waals surface area contributed by atoms with Crippen LogP contribution < -0.4 is 8.92 Å². The third kappa shape index (κ3) is 5.08. The number of hydrogen-bond acceptors (Lipinski definition) is 5. The molecule has 0 bridgehead atoms. The molecule has 0 aliphatic rings. The van der Waals surface area contributed by atoms with Gasteiger partial charge in [-0.05, 0) is 24.5 Å². The summed E-state index contributed by atoms with van der Waals surface area (Å²) < 4.78 is 38.8. The van der Waals surface area contributed by atoms with Crippen molar-refractivity contribution in [1.82, 2.24) is 0 Å². The molecule has 1 rings (SSSR count). The highest BCUT2D eigenvalue weighted by Gasteiger charge is 2.19. The van der Waals surface area contributed by atoms with Gasteiger partial charge in [0, 0.05) is 7.11 Å². The number of methoxy groups -OCH3 is 1. The van der Waals surface area contributed by atoms with E-state index in [2.05, 4.69) is 0 Å². The smallest absolute Gasteiger partial charge is 0.313 e. The molecule has 0 unspecified atom stereocenters. The molecule has 0 amide bonds. The first-order chi connectivity index (χ1) is 8.85. The maximum Gasteiger partial charge on any atom is 0.313 e. The number of para-hydroxylation sites is 1. The van der Waals surface area contributed by atoms with Crippen LogP contribution in [-0.2, 0) is 14.9 Å². The van der Waals surface area contributed by atoms with Gasteiger partial charge in [-0.2, -0.15) is 8.42 Å². The van der Waals surface area contributed by atoms with Crippen molar-refractivity contribution in [2.75, 3.05) is 13.9 Å². The summed E-state index contributed by atoms with van der Waals surface area (Å²) in [6.45, 7) is 5.35. The second-order valence-corrected chi connectivity index (χ2v) is 5.83. The first-order valence-corrected chi connectivity index (χ1v) is 7.33. The van der Waals surface area contributed by atoms with Crippen LogP contribution in [0.1, 0.15) is 19.4 Å². The largest absolute Gasteiger partial charge is 0.463 e. The fraction of sp³-hybridized carbons (Fsp3) is 0.462. The lowest BCUT2D eigenvalue weighted by atomic mass is 10.2. The Hall–Kier alpha value is -1.27. The Morgan fingerprint density at radius 2 is 2.00 bits per heavy atom. The SMILES string of the molecule is COCOc1c(C)cccc1OS(=O)(=O)[CH]C(C)C. The van der Waals surface area contributed by atoms with Crippen LogP contribution in [0.5, 0.6) is 11.5 Å². The molecule has 19 heavy (non-hydrogen) atoms. The highest BCUT2D eigenvalue weighted by Crippen LogP contribution is 2.32. The Morgan fingerprint density at radius 3 is 2.58 bits per heavy atom. The molecule has 0 spiro atoms. The van der Waals surface area contributed by atoms with Gasteiger partial charge in [0.25, 0.3) is 0 Å². The van der Waals surface area contributed by atoms with Crippen LogP contribution in [0, 0.1) is 18.6 Å². The van der Waals surface area contributed by atoms with E-state index in [0.717, 1.165) is 11.3 Å². The molecule has 0 aromatic heterocycles. The number of rotatable bonds is 7. The Labute approximate surface area is 114 Å². The van der Waals surface area contributed by atoms with E-state index in [0.29, 0.717) is 5.75 Å². The summed E-state index contributed by atoms with van der Waals surface area (Å²) in [5.74, 6) is 1.55. The summed E-state index contributed by atoms with van der Waals surface area (Å²) in [6.07, 6.45) is 0. The van der Waals surface area contributed by atoms with Crippen molar-refractivity contribution < 1.29 is 22.1 Å². The zero-order valence-corrected chi connectivity index (χ0v) is 12.4. The maximum atomic E-state index is 11.8. The Morgan fingerprint density at radius 1 is 1.32 bits per heavy atom. The predicted molar refractivity (Wildman–Crippen MR) is 72.4 cm³/mol. The van der Waals surface area contributed by atoms with E-state index in [1.54, 1.807) is 39.0 Å². The van der Waals surface area contributed by atoms with Gasteiger partial charge in [-0.15, -0.1) is 0 Å². The highest BCUT2D eigenvalue weighted by atomic mass is 32.2. The molecule has 6 heteroatoms. The number of benzene rings is 1. The Kier molecular flexibility index (Phi) is 5.62. The first-order valence-electron chi connectivity index (χ1n) is 5.86. The van der Waals surface area contributed by atoms with Crippen molar-refractivity contribution in [3.8, 4) is 11.5 Å². The number of ether oxygens (including phenoxy) is 2. The van der Waals surface area contributed by atoms with E-state index < -0.39 is 10.1 Å². The first kappa shape index (κ1) is 15.8. The number of hydrogen-bond donors (Lipinski definition) is 0. The van der Waals surface area contributed by atoms with E-state index in [1.807, 2.05) is 0 Å². The average Bonchev–Trinajstić information content (AvgIpc) is 2.26. The minimum absolute atomic E-state index is 0.0230. The molecule has 1 radical (unpaired) electrons. The average molecular weight is 287 g/mol. The third-order valence-electron chi connectivity index (χ3n) is 2.14. The minimum atomic E-state index is -3.74. The van der Waals surface area contributed by atoms with Gasteiger partial charge in [0.15, 0.2) is 18.3 Å². The molecule has 1 aromatic rings. The van der Waals surface area contributed by atoms with Crippen LogP contribution in [0.4, 0.5) is 0 Å². The lowest BCUT2D eigenvalue weighted by Gasteiger charge is -2.14. The summed E-state index contributed by atoms with van der Waals surface area (Å²) in [4.78, 5) is 0.